The van der Waals surface area contributed by atoms with E-state index in [0.29, 0.717) is 27.8 Å². The van der Waals surface area contributed by atoms with Crippen LogP contribution in [-0.4, -0.2) is 22.4 Å². The number of nitrogens with zero attached hydrogens (tertiary/aromatic N) is 3. The number of rotatable bonds is 4. The number of anilines is 1. The maximum absolute atomic E-state index is 13.1. The fourth-order valence-electron chi connectivity index (χ4n) is 2.38. The van der Waals surface area contributed by atoms with Crippen LogP contribution in [-0.2, 0) is 0 Å². The van der Waals surface area contributed by atoms with Crippen LogP contribution in [0.15, 0.2) is 48.7 Å². The molecule has 0 saturated heterocycles. The van der Waals surface area contributed by atoms with Crippen molar-refractivity contribution in [2.45, 2.75) is 13.8 Å². The molecule has 3 rings (SSSR count). The van der Waals surface area contributed by atoms with Crippen molar-refractivity contribution >= 4 is 22.9 Å². The van der Waals surface area contributed by atoms with Crippen LogP contribution in [0, 0.1) is 12.7 Å². The summed E-state index contributed by atoms with van der Waals surface area (Å²) in [6.07, 6.45) is 1.70. The van der Waals surface area contributed by atoms with Gasteiger partial charge in [-0.15, -0.1) is 11.3 Å². The van der Waals surface area contributed by atoms with Gasteiger partial charge in [0.15, 0.2) is 0 Å². The minimum Gasteiger partial charge on any atom is -0.308 e. The van der Waals surface area contributed by atoms with Crippen molar-refractivity contribution in [3.8, 4) is 10.7 Å². The van der Waals surface area contributed by atoms with Gasteiger partial charge in [0.2, 0.25) is 0 Å². The van der Waals surface area contributed by atoms with Crippen LogP contribution in [0.1, 0.15) is 22.3 Å². The predicted octanol–water partition coefficient (Wildman–Crippen LogP) is 4.32. The summed E-state index contributed by atoms with van der Waals surface area (Å²) in [5.41, 5.74) is 2.08. The first kappa shape index (κ1) is 16.3. The van der Waals surface area contributed by atoms with Crippen LogP contribution in [0.3, 0.4) is 0 Å². The summed E-state index contributed by atoms with van der Waals surface area (Å²) in [6, 6.07) is 11.5. The first-order valence-corrected chi connectivity index (χ1v) is 8.38. The van der Waals surface area contributed by atoms with Gasteiger partial charge in [-0.1, -0.05) is 6.07 Å². The number of carbonyl (C=O) groups excluding carboxylic acids is 1. The van der Waals surface area contributed by atoms with Gasteiger partial charge >= 0.3 is 0 Å². The lowest BCUT2D eigenvalue weighted by molar-refractivity contribution is 0.0991. The summed E-state index contributed by atoms with van der Waals surface area (Å²) < 4.78 is 13.1. The molecule has 0 bridgehead atoms. The number of carbonyl (C=O) groups is 1. The molecule has 0 aliphatic rings. The van der Waals surface area contributed by atoms with Crippen molar-refractivity contribution in [3.63, 3.8) is 0 Å². The molecule has 3 aromatic rings. The number of benzene rings is 1. The molecule has 0 saturated carbocycles. The smallest absolute Gasteiger partial charge is 0.270 e. The number of halogens is 1. The number of amides is 1. The molecule has 0 radical (unpaired) electrons. The monoisotopic (exact) mass is 341 g/mol. The average molecular weight is 341 g/mol. The zero-order valence-corrected chi connectivity index (χ0v) is 14.2. The quantitative estimate of drug-likeness (QED) is 0.710. The molecule has 24 heavy (non-hydrogen) atoms. The maximum Gasteiger partial charge on any atom is 0.270 e. The van der Waals surface area contributed by atoms with Gasteiger partial charge in [0.05, 0.1) is 11.4 Å². The Bertz CT molecular complexity index is 846. The van der Waals surface area contributed by atoms with Gasteiger partial charge in [-0.05, 0) is 50.2 Å². The number of aromatic nitrogens is 2. The van der Waals surface area contributed by atoms with Crippen LogP contribution < -0.4 is 4.90 Å². The third-order valence-corrected chi connectivity index (χ3v) is 4.74. The fourth-order valence-corrected chi connectivity index (χ4v) is 3.37. The lowest BCUT2D eigenvalue weighted by Gasteiger charge is -2.20. The second kappa shape index (κ2) is 6.88. The third kappa shape index (κ3) is 3.19. The lowest BCUT2D eigenvalue weighted by Crippen LogP contribution is -2.30. The van der Waals surface area contributed by atoms with Gasteiger partial charge in [-0.3, -0.25) is 9.78 Å². The summed E-state index contributed by atoms with van der Waals surface area (Å²) in [5.74, 6) is -0.463. The molecule has 0 unspecified atom stereocenters. The largest absolute Gasteiger partial charge is 0.308 e. The zero-order chi connectivity index (χ0) is 17.1. The molecule has 2 heterocycles. The standard InChI is InChI=1S/C18H16FN3OS/c1-3-22(14-9-7-13(19)8-10-14)18(23)16-12(2)21-17(24-16)15-6-4-5-11-20-15/h4-11H,3H2,1-2H3. The van der Waals surface area contributed by atoms with Crippen LogP contribution in [0.25, 0.3) is 10.7 Å². The second-order valence-electron chi connectivity index (χ2n) is 5.17. The number of aryl methyl sites for hydroxylation is 1. The fraction of sp³-hybridized carbons (Fsp3) is 0.167. The number of pyridine rings is 1. The molecule has 0 aliphatic carbocycles. The molecule has 0 spiro atoms. The Kier molecular flexibility index (Phi) is 4.66. The Hall–Kier alpha value is -2.60. The summed E-state index contributed by atoms with van der Waals surface area (Å²) >= 11 is 1.32. The Morgan fingerprint density at radius 1 is 1.21 bits per heavy atom. The van der Waals surface area contributed by atoms with Gasteiger partial charge < -0.3 is 4.90 Å². The molecule has 0 N–H and O–H groups in total. The van der Waals surface area contributed by atoms with Crippen molar-refractivity contribution < 1.29 is 9.18 Å². The highest BCUT2D eigenvalue weighted by molar-refractivity contribution is 7.17. The van der Waals surface area contributed by atoms with E-state index in [2.05, 4.69) is 9.97 Å². The molecule has 0 fully saturated rings. The van der Waals surface area contributed by atoms with E-state index in [-0.39, 0.29) is 11.7 Å². The minimum absolute atomic E-state index is 0.138. The SMILES string of the molecule is CCN(C(=O)c1sc(-c2ccccn2)nc1C)c1ccc(F)cc1. The number of thiazole rings is 1. The van der Waals surface area contributed by atoms with Crippen LogP contribution >= 0.6 is 11.3 Å². The number of hydrogen-bond donors (Lipinski definition) is 0. The Morgan fingerprint density at radius 2 is 1.96 bits per heavy atom. The van der Waals surface area contributed by atoms with Crippen molar-refractivity contribution in [3.05, 3.63) is 65.0 Å². The van der Waals surface area contributed by atoms with E-state index in [1.807, 2.05) is 32.0 Å². The molecule has 4 nitrogen and oxygen atoms in total. The summed E-state index contributed by atoms with van der Waals surface area (Å²) in [5, 5.41) is 0.714. The Morgan fingerprint density at radius 3 is 2.58 bits per heavy atom. The minimum atomic E-state index is -0.325. The van der Waals surface area contributed by atoms with Crippen LogP contribution in [0.2, 0.25) is 0 Å². The zero-order valence-electron chi connectivity index (χ0n) is 13.4. The first-order chi connectivity index (χ1) is 11.6. The molecule has 122 valence electrons. The molecule has 1 aromatic carbocycles. The van der Waals surface area contributed by atoms with Crippen LogP contribution in [0.4, 0.5) is 10.1 Å². The maximum atomic E-state index is 13.1. The van der Waals surface area contributed by atoms with Gasteiger partial charge in [-0.2, -0.15) is 0 Å². The second-order valence-corrected chi connectivity index (χ2v) is 6.17. The van der Waals surface area contributed by atoms with E-state index in [1.54, 1.807) is 23.2 Å². The van der Waals surface area contributed by atoms with Crippen molar-refractivity contribution in [1.29, 1.82) is 0 Å². The number of hydrogen-bond acceptors (Lipinski definition) is 4. The van der Waals surface area contributed by atoms with Crippen molar-refractivity contribution in [1.82, 2.24) is 9.97 Å². The van der Waals surface area contributed by atoms with E-state index in [1.165, 1.54) is 23.5 Å². The molecule has 0 aliphatic heterocycles. The summed E-state index contributed by atoms with van der Waals surface area (Å²) in [6.45, 7) is 4.19. The van der Waals surface area contributed by atoms with Gasteiger partial charge in [0.1, 0.15) is 15.7 Å². The Balaban J connectivity index is 1.94. The van der Waals surface area contributed by atoms with E-state index in [4.69, 9.17) is 0 Å². The van der Waals surface area contributed by atoms with Crippen molar-refractivity contribution in [2.24, 2.45) is 0 Å². The first-order valence-electron chi connectivity index (χ1n) is 7.56. The molecule has 2 aromatic heterocycles. The highest BCUT2D eigenvalue weighted by Crippen LogP contribution is 2.28. The molecular formula is C18H16FN3OS. The summed E-state index contributed by atoms with van der Waals surface area (Å²) in [7, 11) is 0. The molecule has 0 atom stereocenters. The highest BCUT2D eigenvalue weighted by atomic mass is 32.1. The van der Waals surface area contributed by atoms with Crippen LogP contribution in [0.5, 0.6) is 0 Å². The lowest BCUT2D eigenvalue weighted by atomic mass is 10.2. The molecular weight excluding hydrogens is 325 g/mol. The predicted molar refractivity (Wildman–Crippen MR) is 93.8 cm³/mol. The third-order valence-electron chi connectivity index (χ3n) is 3.57. The molecule has 1 amide bonds. The summed E-state index contributed by atoms with van der Waals surface area (Å²) in [4.78, 5) is 23.8. The van der Waals surface area contributed by atoms with E-state index >= 15 is 0 Å². The van der Waals surface area contributed by atoms with E-state index < -0.39 is 0 Å². The van der Waals surface area contributed by atoms with Crippen molar-refractivity contribution in [2.75, 3.05) is 11.4 Å². The van der Waals surface area contributed by atoms with E-state index in [9.17, 15) is 9.18 Å². The van der Waals surface area contributed by atoms with E-state index in [0.717, 1.165) is 5.69 Å². The Labute approximate surface area is 143 Å². The topological polar surface area (TPSA) is 46.1 Å². The van der Waals surface area contributed by atoms with Gasteiger partial charge in [-0.25, -0.2) is 9.37 Å². The molecule has 6 heteroatoms. The normalized spacial score (nSPS) is 10.6. The van der Waals surface area contributed by atoms with Gasteiger partial charge in [0, 0.05) is 18.4 Å². The highest BCUT2D eigenvalue weighted by Gasteiger charge is 2.22. The average Bonchev–Trinajstić information content (AvgIpc) is 3.00. The van der Waals surface area contributed by atoms with Gasteiger partial charge in [0.25, 0.3) is 5.91 Å².